The molecule has 0 saturated heterocycles. The van der Waals surface area contributed by atoms with Gasteiger partial charge >= 0.3 is 0 Å². The second kappa shape index (κ2) is 7.20. The number of amides is 2. The molecule has 0 unspecified atom stereocenters. The van der Waals surface area contributed by atoms with Crippen molar-refractivity contribution in [3.63, 3.8) is 0 Å². The van der Waals surface area contributed by atoms with Crippen molar-refractivity contribution in [1.29, 1.82) is 5.26 Å². The number of nitriles is 1. The zero-order valence-corrected chi connectivity index (χ0v) is 14.8. The van der Waals surface area contributed by atoms with E-state index >= 15 is 0 Å². The molecule has 2 aromatic rings. The Morgan fingerprint density at radius 1 is 1.25 bits per heavy atom. The first-order chi connectivity index (χ1) is 13.3. The summed E-state index contributed by atoms with van der Waals surface area (Å²) in [5.41, 5.74) is 0.204. The third-order valence-corrected chi connectivity index (χ3v) is 4.17. The Balaban J connectivity index is 2.04. The lowest BCUT2D eigenvalue weighted by molar-refractivity contribution is -0.384. The van der Waals surface area contributed by atoms with Gasteiger partial charge in [0, 0.05) is 5.57 Å². The molecule has 0 spiro atoms. The van der Waals surface area contributed by atoms with Gasteiger partial charge in [-0.1, -0.05) is 0 Å². The highest BCUT2D eigenvalue weighted by molar-refractivity contribution is 6.19. The van der Waals surface area contributed by atoms with Gasteiger partial charge in [-0.3, -0.25) is 25.0 Å². The van der Waals surface area contributed by atoms with E-state index in [4.69, 9.17) is 14.4 Å². The number of furan rings is 1. The van der Waals surface area contributed by atoms with Crippen molar-refractivity contribution in [3.8, 4) is 23.1 Å². The van der Waals surface area contributed by atoms with Crippen molar-refractivity contribution in [2.45, 2.75) is 6.92 Å². The molecule has 1 aromatic heterocycles. The highest BCUT2D eigenvalue weighted by Gasteiger charge is 2.28. The van der Waals surface area contributed by atoms with Gasteiger partial charge in [-0.2, -0.15) is 5.26 Å². The largest absolute Gasteiger partial charge is 0.497 e. The first-order valence-corrected chi connectivity index (χ1v) is 7.97. The summed E-state index contributed by atoms with van der Waals surface area (Å²) in [6.45, 7) is 1.49. The lowest BCUT2D eigenvalue weighted by Gasteiger charge is -2.15. The summed E-state index contributed by atoms with van der Waals surface area (Å²) in [6, 6.07) is 9.15. The van der Waals surface area contributed by atoms with E-state index in [-0.39, 0.29) is 39.5 Å². The molecule has 1 aromatic carbocycles. The summed E-state index contributed by atoms with van der Waals surface area (Å²) in [5, 5.41) is 22.5. The maximum Gasteiger partial charge on any atom is 0.284 e. The van der Waals surface area contributed by atoms with Gasteiger partial charge in [0.2, 0.25) is 0 Å². The van der Waals surface area contributed by atoms with Gasteiger partial charge in [-0.05, 0) is 42.8 Å². The van der Waals surface area contributed by atoms with Crippen LogP contribution >= 0.6 is 0 Å². The molecule has 1 N–H and O–H groups in total. The van der Waals surface area contributed by atoms with Crippen LogP contribution in [0.2, 0.25) is 0 Å². The monoisotopic (exact) mass is 379 g/mol. The van der Waals surface area contributed by atoms with E-state index in [0.29, 0.717) is 5.75 Å². The molecular weight excluding hydrogens is 366 g/mol. The molecule has 0 aliphatic carbocycles. The van der Waals surface area contributed by atoms with Crippen LogP contribution in [0, 0.1) is 21.4 Å². The lowest BCUT2D eigenvalue weighted by atomic mass is 9.96. The van der Waals surface area contributed by atoms with Gasteiger partial charge < -0.3 is 9.15 Å². The molecule has 0 atom stereocenters. The van der Waals surface area contributed by atoms with Crippen LogP contribution in [-0.2, 0) is 9.59 Å². The predicted octanol–water partition coefficient (Wildman–Crippen LogP) is 2.74. The van der Waals surface area contributed by atoms with E-state index in [1.165, 1.54) is 44.4 Å². The number of benzene rings is 1. The first kappa shape index (κ1) is 18.6. The molecule has 140 valence electrons. The Bertz CT molecular complexity index is 1120. The standard InChI is InChI=1S/C19H13N3O6/c1-10-14(18(23)21-19(24)15(10)9-20)7-12-4-6-17(28-12)13-5-3-11(27-2)8-16(13)22(25)26/h3-8H,1-2H3,(H,21,23,24). The molecule has 2 amide bonds. The number of methoxy groups -OCH3 is 1. The lowest BCUT2D eigenvalue weighted by Crippen LogP contribution is -2.37. The highest BCUT2D eigenvalue weighted by Crippen LogP contribution is 2.35. The van der Waals surface area contributed by atoms with Gasteiger partial charge in [0.25, 0.3) is 17.5 Å². The minimum Gasteiger partial charge on any atom is -0.497 e. The molecular formula is C19H13N3O6. The smallest absolute Gasteiger partial charge is 0.284 e. The molecule has 9 nitrogen and oxygen atoms in total. The number of hydrogen-bond donors (Lipinski definition) is 1. The Morgan fingerprint density at radius 2 is 2.00 bits per heavy atom. The average molecular weight is 379 g/mol. The van der Waals surface area contributed by atoms with E-state index in [2.05, 4.69) is 5.32 Å². The van der Waals surface area contributed by atoms with Crippen molar-refractivity contribution in [2.75, 3.05) is 7.11 Å². The fraction of sp³-hybridized carbons (Fsp3) is 0.105. The second-order valence-corrected chi connectivity index (χ2v) is 5.80. The molecule has 28 heavy (non-hydrogen) atoms. The van der Waals surface area contributed by atoms with E-state index in [1.807, 2.05) is 0 Å². The van der Waals surface area contributed by atoms with Gasteiger partial charge in [0.1, 0.15) is 28.9 Å². The number of rotatable bonds is 4. The number of hydrogen-bond acceptors (Lipinski definition) is 7. The first-order valence-electron chi connectivity index (χ1n) is 7.97. The van der Waals surface area contributed by atoms with Crippen LogP contribution in [0.1, 0.15) is 12.7 Å². The van der Waals surface area contributed by atoms with Crippen LogP contribution in [0.25, 0.3) is 17.4 Å². The molecule has 0 radical (unpaired) electrons. The number of nitrogens with one attached hydrogen (secondary N) is 1. The summed E-state index contributed by atoms with van der Waals surface area (Å²) in [5.74, 6) is -0.629. The molecule has 2 heterocycles. The fourth-order valence-electron chi connectivity index (χ4n) is 2.73. The zero-order chi connectivity index (χ0) is 20.4. The minimum absolute atomic E-state index is 0.0984. The molecule has 0 bridgehead atoms. The van der Waals surface area contributed by atoms with E-state index in [0.717, 1.165) is 0 Å². The third-order valence-electron chi connectivity index (χ3n) is 4.17. The molecule has 1 aliphatic rings. The maximum atomic E-state index is 12.1. The number of ether oxygens (including phenoxy) is 1. The Morgan fingerprint density at radius 3 is 2.64 bits per heavy atom. The molecule has 3 rings (SSSR count). The number of carbonyl (C=O) groups is 2. The Labute approximate surface area is 158 Å². The van der Waals surface area contributed by atoms with E-state index < -0.39 is 16.7 Å². The summed E-state index contributed by atoms with van der Waals surface area (Å²) >= 11 is 0. The van der Waals surface area contributed by atoms with Crippen LogP contribution in [-0.4, -0.2) is 23.8 Å². The zero-order valence-electron chi connectivity index (χ0n) is 14.8. The number of nitrogens with zero attached hydrogens (tertiary/aromatic N) is 2. The molecule has 1 aliphatic heterocycles. The van der Waals surface area contributed by atoms with Gasteiger partial charge in [0.15, 0.2) is 0 Å². The fourth-order valence-corrected chi connectivity index (χ4v) is 2.73. The van der Waals surface area contributed by atoms with Gasteiger partial charge in [0.05, 0.1) is 23.7 Å². The second-order valence-electron chi connectivity index (χ2n) is 5.80. The number of nitro benzene ring substituents is 1. The highest BCUT2D eigenvalue weighted by atomic mass is 16.6. The van der Waals surface area contributed by atoms with Crippen LogP contribution in [0.5, 0.6) is 5.75 Å². The maximum absolute atomic E-state index is 12.1. The summed E-state index contributed by atoms with van der Waals surface area (Å²) < 4.78 is 10.6. The SMILES string of the molecule is COc1ccc(-c2ccc(C=C3C(=O)NC(=O)C(C#N)=C3C)o2)c([N+](=O)[O-])c1. The Hall–Kier alpha value is -4.19. The summed E-state index contributed by atoms with van der Waals surface area (Å²) in [7, 11) is 1.40. The third kappa shape index (κ3) is 3.26. The van der Waals surface area contributed by atoms with Crippen LogP contribution in [0.3, 0.4) is 0 Å². The normalized spacial score (nSPS) is 15.4. The van der Waals surface area contributed by atoms with Gasteiger partial charge in [-0.25, -0.2) is 0 Å². The average Bonchev–Trinajstić information content (AvgIpc) is 3.13. The number of carbonyl (C=O) groups excluding carboxylic acids is 2. The quantitative estimate of drug-likeness (QED) is 0.373. The van der Waals surface area contributed by atoms with Crippen molar-refractivity contribution in [1.82, 2.24) is 5.32 Å². The van der Waals surface area contributed by atoms with Crippen molar-refractivity contribution >= 4 is 23.6 Å². The predicted molar refractivity (Wildman–Crippen MR) is 96.8 cm³/mol. The summed E-state index contributed by atoms with van der Waals surface area (Å²) in [6.07, 6.45) is 1.37. The summed E-state index contributed by atoms with van der Waals surface area (Å²) in [4.78, 5) is 34.5. The van der Waals surface area contributed by atoms with Gasteiger partial charge in [-0.15, -0.1) is 0 Å². The van der Waals surface area contributed by atoms with Crippen LogP contribution < -0.4 is 10.1 Å². The number of nitro groups is 1. The van der Waals surface area contributed by atoms with Crippen molar-refractivity contribution < 1.29 is 23.7 Å². The van der Waals surface area contributed by atoms with E-state index in [9.17, 15) is 19.7 Å². The van der Waals surface area contributed by atoms with Crippen molar-refractivity contribution in [3.05, 3.63) is 62.9 Å². The number of imide groups is 1. The molecule has 9 heteroatoms. The minimum atomic E-state index is -0.754. The van der Waals surface area contributed by atoms with Crippen LogP contribution in [0.15, 0.2) is 51.5 Å². The van der Waals surface area contributed by atoms with Crippen LogP contribution in [0.4, 0.5) is 5.69 Å². The molecule has 0 fully saturated rings. The Kier molecular flexibility index (Phi) is 4.78. The van der Waals surface area contributed by atoms with Crippen molar-refractivity contribution in [2.24, 2.45) is 0 Å². The topological polar surface area (TPSA) is 135 Å². The molecule has 0 saturated carbocycles. The van der Waals surface area contributed by atoms with E-state index in [1.54, 1.807) is 12.1 Å².